The summed E-state index contributed by atoms with van der Waals surface area (Å²) in [5.74, 6) is 0.788. The molecule has 1 aromatic heterocycles. The van der Waals surface area contributed by atoms with Gasteiger partial charge in [-0.15, -0.1) is 0 Å². The van der Waals surface area contributed by atoms with Crippen molar-refractivity contribution in [3.8, 4) is 0 Å². The van der Waals surface area contributed by atoms with E-state index in [4.69, 9.17) is 5.11 Å². The molecular weight excluding hydrogens is 222 g/mol. The Morgan fingerprint density at radius 1 is 1.56 bits per heavy atom. The van der Waals surface area contributed by atoms with Gasteiger partial charge in [-0.3, -0.25) is 0 Å². The van der Waals surface area contributed by atoms with Crippen molar-refractivity contribution < 1.29 is 5.11 Å². The molecule has 90 valence electrons. The number of rotatable bonds is 6. The van der Waals surface area contributed by atoms with Crippen LogP contribution in [-0.2, 0) is 6.54 Å². The molecule has 5 heteroatoms. The lowest BCUT2D eigenvalue weighted by atomic mass is 10.2. The number of hydrogen-bond acceptors (Lipinski definition) is 5. The van der Waals surface area contributed by atoms with Crippen LogP contribution in [0.2, 0.25) is 0 Å². The Labute approximate surface area is 101 Å². The minimum absolute atomic E-state index is 0.193. The Bertz CT molecular complexity index is 318. The first-order valence-corrected chi connectivity index (χ1v) is 6.61. The zero-order valence-electron chi connectivity index (χ0n) is 9.97. The van der Waals surface area contributed by atoms with Crippen molar-refractivity contribution in [1.82, 2.24) is 15.3 Å². The fourth-order valence-corrected chi connectivity index (χ4v) is 2.09. The van der Waals surface area contributed by atoms with Crippen LogP contribution in [0, 0.1) is 6.92 Å². The second kappa shape index (κ2) is 6.83. The van der Waals surface area contributed by atoms with Gasteiger partial charge in [0.15, 0.2) is 0 Å². The van der Waals surface area contributed by atoms with Gasteiger partial charge in [-0.25, -0.2) is 9.97 Å². The molecule has 0 radical (unpaired) electrons. The lowest BCUT2D eigenvalue weighted by Crippen LogP contribution is -2.37. The molecule has 0 amide bonds. The van der Waals surface area contributed by atoms with Gasteiger partial charge in [0.1, 0.15) is 5.82 Å². The van der Waals surface area contributed by atoms with Crippen LogP contribution >= 0.6 is 11.8 Å². The van der Waals surface area contributed by atoms with Crippen LogP contribution in [0.15, 0.2) is 12.3 Å². The van der Waals surface area contributed by atoms with Gasteiger partial charge in [0.25, 0.3) is 0 Å². The lowest BCUT2D eigenvalue weighted by Gasteiger charge is -2.21. The quantitative estimate of drug-likeness (QED) is 0.778. The maximum absolute atomic E-state index is 9.15. The maximum atomic E-state index is 9.15. The first-order chi connectivity index (χ1) is 7.67. The van der Waals surface area contributed by atoms with E-state index in [2.05, 4.69) is 22.2 Å². The van der Waals surface area contributed by atoms with Gasteiger partial charge in [-0.1, -0.05) is 0 Å². The third-order valence-corrected chi connectivity index (χ3v) is 3.64. The maximum Gasteiger partial charge on any atom is 0.125 e. The molecule has 0 bridgehead atoms. The summed E-state index contributed by atoms with van der Waals surface area (Å²) in [6.45, 7) is 4.86. The minimum atomic E-state index is 0.193. The van der Waals surface area contributed by atoms with E-state index < -0.39 is 0 Å². The van der Waals surface area contributed by atoms with Crippen LogP contribution in [0.25, 0.3) is 0 Å². The zero-order chi connectivity index (χ0) is 12.0. The fourth-order valence-electron chi connectivity index (χ4n) is 1.44. The number of aliphatic hydroxyl groups is 1. The summed E-state index contributed by atoms with van der Waals surface area (Å²) in [6.07, 6.45) is 3.77. The van der Waals surface area contributed by atoms with E-state index in [1.54, 1.807) is 18.0 Å². The van der Waals surface area contributed by atoms with Crippen LogP contribution in [-0.4, -0.2) is 39.2 Å². The van der Waals surface area contributed by atoms with Crippen molar-refractivity contribution in [2.24, 2.45) is 0 Å². The molecular formula is C11H19N3OS. The summed E-state index contributed by atoms with van der Waals surface area (Å²) in [7, 11) is 0. The van der Waals surface area contributed by atoms with Crippen molar-refractivity contribution in [2.75, 3.05) is 12.9 Å². The number of aliphatic hydroxyl groups excluding tert-OH is 1. The highest BCUT2D eigenvalue weighted by atomic mass is 32.2. The lowest BCUT2D eigenvalue weighted by molar-refractivity contribution is 0.275. The van der Waals surface area contributed by atoms with E-state index in [1.165, 1.54) is 0 Å². The monoisotopic (exact) mass is 241 g/mol. The van der Waals surface area contributed by atoms with Crippen molar-refractivity contribution in [1.29, 1.82) is 0 Å². The van der Waals surface area contributed by atoms with Crippen LogP contribution in [0.3, 0.4) is 0 Å². The number of aromatic nitrogens is 2. The number of nitrogens with one attached hydrogen (secondary N) is 1. The van der Waals surface area contributed by atoms with Crippen LogP contribution in [0.5, 0.6) is 0 Å². The van der Waals surface area contributed by atoms with Crippen LogP contribution < -0.4 is 5.32 Å². The average Bonchev–Trinajstić information content (AvgIpc) is 2.28. The molecule has 0 spiro atoms. The molecule has 0 aliphatic carbocycles. The van der Waals surface area contributed by atoms with Crippen molar-refractivity contribution >= 4 is 11.8 Å². The molecule has 0 fully saturated rings. The van der Waals surface area contributed by atoms with E-state index in [1.807, 2.05) is 19.2 Å². The first-order valence-electron chi connectivity index (χ1n) is 5.33. The van der Waals surface area contributed by atoms with E-state index in [9.17, 15) is 0 Å². The van der Waals surface area contributed by atoms with Crippen molar-refractivity contribution in [2.45, 2.75) is 31.7 Å². The van der Waals surface area contributed by atoms with E-state index in [-0.39, 0.29) is 17.9 Å². The van der Waals surface area contributed by atoms with Crippen molar-refractivity contribution in [3.63, 3.8) is 0 Å². The van der Waals surface area contributed by atoms with Gasteiger partial charge in [-0.05, 0) is 26.2 Å². The SMILES string of the molecule is CSC(CO)C(C)NCc1ccnc(C)n1. The minimum Gasteiger partial charge on any atom is -0.395 e. The molecule has 0 saturated carbocycles. The standard InChI is InChI=1S/C11H19N3OS/c1-8(11(7-15)16-3)13-6-10-4-5-12-9(2)14-10/h4-5,8,11,13,15H,6-7H2,1-3H3. The summed E-state index contributed by atoms with van der Waals surface area (Å²) >= 11 is 1.67. The summed E-state index contributed by atoms with van der Waals surface area (Å²) in [5.41, 5.74) is 0.983. The molecule has 2 N–H and O–H groups in total. The molecule has 2 unspecified atom stereocenters. The highest BCUT2D eigenvalue weighted by Crippen LogP contribution is 2.10. The second-order valence-corrected chi connectivity index (χ2v) is 4.80. The molecule has 1 aromatic rings. The zero-order valence-corrected chi connectivity index (χ0v) is 10.8. The predicted molar refractivity (Wildman–Crippen MR) is 67.5 cm³/mol. The molecule has 0 aliphatic heterocycles. The Balaban J connectivity index is 2.45. The normalized spacial score (nSPS) is 14.8. The van der Waals surface area contributed by atoms with Gasteiger partial charge in [0.05, 0.1) is 12.3 Å². The van der Waals surface area contributed by atoms with Gasteiger partial charge in [-0.2, -0.15) is 11.8 Å². The highest BCUT2D eigenvalue weighted by molar-refractivity contribution is 7.99. The number of hydrogen-bond donors (Lipinski definition) is 2. The summed E-state index contributed by atoms with van der Waals surface area (Å²) < 4.78 is 0. The second-order valence-electron chi connectivity index (χ2n) is 3.72. The number of thioether (sulfide) groups is 1. The molecule has 16 heavy (non-hydrogen) atoms. The largest absolute Gasteiger partial charge is 0.395 e. The first kappa shape index (κ1) is 13.4. The third-order valence-electron chi connectivity index (χ3n) is 2.48. The topological polar surface area (TPSA) is 58.0 Å². The average molecular weight is 241 g/mol. The molecule has 0 aromatic carbocycles. The van der Waals surface area contributed by atoms with Gasteiger partial charge < -0.3 is 10.4 Å². The Hall–Kier alpha value is -0.650. The number of nitrogens with zero attached hydrogens (tertiary/aromatic N) is 2. The van der Waals surface area contributed by atoms with Gasteiger partial charge in [0.2, 0.25) is 0 Å². The number of aryl methyl sites for hydroxylation is 1. The molecule has 4 nitrogen and oxygen atoms in total. The Morgan fingerprint density at radius 2 is 2.31 bits per heavy atom. The van der Waals surface area contributed by atoms with E-state index in [0.717, 1.165) is 11.5 Å². The third kappa shape index (κ3) is 4.08. The Morgan fingerprint density at radius 3 is 2.88 bits per heavy atom. The molecule has 1 heterocycles. The molecule has 0 saturated heterocycles. The molecule has 0 aliphatic rings. The fraction of sp³-hybridized carbons (Fsp3) is 0.636. The van der Waals surface area contributed by atoms with Crippen LogP contribution in [0.1, 0.15) is 18.4 Å². The van der Waals surface area contributed by atoms with Gasteiger partial charge in [0, 0.05) is 24.0 Å². The highest BCUT2D eigenvalue weighted by Gasteiger charge is 2.14. The Kier molecular flexibility index (Phi) is 5.73. The smallest absolute Gasteiger partial charge is 0.125 e. The van der Waals surface area contributed by atoms with E-state index >= 15 is 0 Å². The summed E-state index contributed by atoms with van der Waals surface area (Å²) in [6, 6.07) is 2.16. The summed E-state index contributed by atoms with van der Waals surface area (Å²) in [4.78, 5) is 8.36. The van der Waals surface area contributed by atoms with Gasteiger partial charge >= 0.3 is 0 Å². The van der Waals surface area contributed by atoms with E-state index in [0.29, 0.717) is 6.54 Å². The summed E-state index contributed by atoms with van der Waals surface area (Å²) in [5, 5.41) is 12.7. The molecule has 2 atom stereocenters. The van der Waals surface area contributed by atoms with Crippen molar-refractivity contribution in [3.05, 3.63) is 23.8 Å². The molecule has 1 rings (SSSR count). The predicted octanol–water partition coefficient (Wildman–Crippen LogP) is 0.987. The van der Waals surface area contributed by atoms with Crippen LogP contribution in [0.4, 0.5) is 0 Å².